The number of likely N-dealkylation sites (tertiary alicyclic amines) is 1. The molecule has 3 rings (SSSR count). The van der Waals surface area contributed by atoms with Crippen LogP contribution in [0.4, 0.5) is 4.79 Å². The van der Waals surface area contributed by atoms with Crippen molar-refractivity contribution in [1.82, 2.24) is 26.2 Å². The van der Waals surface area contributed by atoms with E-state index in [2.05, 4.69) is 35.1 Å². The first-order chi connectivity index (χ1) is 21.3. The van der Waals surface area contributed by atoms with Crippen LogP contribution >= 0.6 is 0 Å². The quantitative estimate of drug-likeness (QED) is 0.203. The molecule has 1 heterocycles. The SMILES string of the molecule is CCCC[C@@H](C)C1(NC(=O)N[C@H](C(=O)N2C[C@@H]3CCC[C@@H]3[C@H]2C(=O)N[C@@H](CCC)C(=O)C(=O)NCC)C(C)(C)C)CCCCC1. The number of rotatable bonds is 14. The number of unbranched alkanes of at least 4 members (excludes halogenated alkanes) is 1. The first-order valence-electron chi connectivity index (χ1n) is 17.8. The number of fused-ring (bicyclic) bond motifs is 1. The Morgan fingerprint density at radius 2 is 1.58 bits per heavy atom. The molecular weight excluding hydrogens is 570 g/mol. The van der Waals surface area contributed by atoms with Crippen LogP contribution in [0, 0.1) is 23.2 Å². The molecule has 1 aliphatic heterocycles. The topological polar surface area (TPSA) is 137 Å². The molecule has 1 saturated heterocycles. The number of amides is 5. The van der Waals surface area contributed by atoms with E-state index in [0.29, 0.717) is 31.8 Å². The summed E-state index contributed by atoms with van der Waals surface area (Å²) in [6, 6.07) is -2.87. The van der Waals surface area contributed by atoms with Crippen molar-refractivity contribution in [3.8, 4) is 0 Å². The first-order valence-corrected chi connectivity index (χ1v) is 17.8. The van der Waals surface area contributed by atoms with Crippen molar-refractivity contribution in [1.29, 1.82) is 0 Å². The van der Waals surface area contributed by atoms with Crippen LogP contribution in [0.5, 0.6) is 0 Å². The van der Waals surface area contributed by atoms with Gasteiger partial charge in [0, 0.05) is 18.6 Å². The zero-order chi connectivity index (χ0) is 33.4. The van der Waals surface area contributed by atoms with E-state index in [1.54, 1.807) is 11.8 Å². The van der Waals surface area contributed by atoms with Gasteiger partial charge in [-0.1, -0.05) is 86.5 Å². The maximum Gasteiger partial charge on any atom is 0.315 e. The van der Waals surface area contributed by atoms with Gasteiger partial charge in [-0.3, -0.25) is 19.2 Å². The number of hydrogen-bond acceptors (Lipinski definition) is 5. The van der Waals surface area contributed by atoms with E-state index in [0.717, 1.165) is 64.2 Å². The lowest BCUT2D eigenvalue weighted by molar-refractivity contribution is -0.144. The predicted molar refractivity (Wildman–Crippen MR) is 176 cm³/mol. The molecule has 10 heteroatoms. The van der Waals surface area contributed by atoms with Crippen molar-refractivity contribution < 1.29 is 24.0 Å². The fraction of sp³-hybridized carbons (Fsp3) is 0.857. The summed E-state index contributed by atoms with van der Waals surface area (Å²) >= 11 is 0. The number of Topliss-reactive ketones (excluding diaryl/α,β-unsaturated/α-hetero) is 1. The number of hydrogen-bond donors (Lipinski definition) is 4. The van der Waals surface area contributed by atoms with E-state index in [4.69, 9.17) is 0 Å². The van der Waals surface area contributed by atoms with Gasteiger partial charge >= 0.3 is 6.03 Å². The minimum Gasteiger partial charge on any atom is -0.350 e. The molecule has 45 heavy (non-hydrogen) atoms. The van der Waals surface area contributed by atoms with Gasteiger partial charge in [-0.25, -0.2) is 4.79 Å². The van der Waals surface area contributed by atoms with Gasteiger partial charge in [-0.05, 0) is 68.6 Å². The van der Waals surface area contributed by atoms with Crippen LogP contribution in [-0.2, 0) is 19.2 Å². The third-order valence-electron chi connectivity index (χ3n) is 10.6. The highest BCUT2D eigenvalue weighted by Gasteiger charge is 2.52. The van der Waals surface area contributed by atoms with E-state index in [1.165, 1.54) is 6.42 Å². The third-order valence-corrected chi connectivity index (χ3v) is 10.6. The number of nitrogens with zero attached hydrogens (tertiary/aromatic N) is 1. The summed E-state index contributed by atoms with van der Waals surface area (Å²) in [6.45, 7) is 14.6. The van der Waals surface area contributed by atoms with E-state index >= 15 is 0 Å². The third kappa shape index (κ3) is 9.00. The molecule has 0 aromatic carbocycles. The normalized spacial score (nSPS) is 24.6. The maximum atomic E-state index is 14.4. The van der Waals surface area contributed by atoms with Crippen molar-refractivity contribution >= 4 is 29.5 Å². The molecule has 3 fully saturated rings. The molecule has 0 spiro atoms. The fourth-order valence-electron chi connectivity index (χ4n) is 8.01. The Morgan fingerprint density at radius 1 is 0.889 bits per heavy atom. The number of carbonyl (C=O) groups is 5. The van der Waals surface area contributed by atoms with Crippen LogP contribution in [0.2, 0.25) is 0 Å². The average Bonchev–Trinajstić information content (AvgIpc) is 3.59. The summed E-state index contributed by atoms with van der Waals surface area (Å²) in [7, 11) is 0. The number of ketones is 1. The molecule has 0 radical (unpaired) electrons. The Hall–Kier alpha value is -2.65. The summed E-state index contributed by atoms with van der Waals surface area (Å²) in [5, 5.41) is 11.8. The van der Waals surface area contributed by atoms with Crippen LogP contribution in [0.3, 0.4) is 0 Å². The highest BCUT2D eigenvalue weighted by Crippen LogP contribution is 2.43. The minimum atomic E-state index is -0.949. The lowest BCUT2D eigenvalue weighted by atomic mass is 9.71. The second-order valence-corrected chi connectivity index (χ2v) is 15.0. The van der Waals surface area contributed by atoms with Gasteiger partial charge in [0.15, 0.2) is 0 Å². The summed E-state index contributed by atoms with van der Waals surface area (Å²) in [5.41, 5.74) is -0.902. The second-order valence-electron chi connectivity index (χ2n) is 15.0. The van der Waals surface area contributed by atoms with Gasteiger partial charge in [0.25, 0.3) is 5.91 Å². The zero-order valence-corrected chi connectivity index (χ0v) is 29.1. The largest absolute Gasteiger partial charge is 0.350 e. The fourth-order valence-corrected chi connectivity index (χ4v) is 8.01. The molecule has 0 bridgehead atoms. The van der Waals surface area contributed by atoms with Gasteiger partial charge in [-0.2, -0.15) is 0 Å². The average molecular weight is 632 g/mol. The van der Waals surface area contributed by atoms with E-state index < -0.39 is 41.1 Å². The van der Waals surface area contributed by atoms with Crippen LogP contribution in [-0.4, -0.2) is 71.2 Å². The highest BCUT2D eigenvalue weighted by atomic mass is 16.2. The summed E-state index contributed by atoms with van der Waals surface area (Å²) in [4.78, 5) is 69.0. The Bertz CT molecular complexity index is 1050. The van der Waals surface area contributed by atoms with Gasteiger partial charge < -0.3 is 26.2 Å². The Kier molecular flexibility index (Phi) is 13.3. The molecule has 2 aliphatic carbocycles. The van der Waals surface area contributed by atoms with Crippen LogP contribution in [0.15, 0.2) is 0 Å². The van der Waals surface area contributed by atoms with E-state index in [-0.39, 0.29) is 29.3 Å². The molecule has 0 aromatic heterocycles. The maximum absolute atomic E-state index is 14.4. The predicted octanol–water partition coefficient (Wildman–Crippen LogP) is 4.85. The lowest BCUT2D eigenvalue weighted by Crippen LogP contribution is -2.63. The van der Waals surface area contributed by atoms with Crippen LogP contribution in [0.25, 0.3) is 0 Å². The molecule has 2 saturated carbocycles. The Balaban J connectivity index is 1.83. The van der Waals surface area contributed by atoms with Crippen molar-refractivity contribution in [2.75, 3.05) is 13.1 Å². The number of urea groups is 1. The number of carbonyl (C=O) groups excluding carboxylic acids is 5. The Morgan fingerprint density at radius 3 is 2.18 bits per heavy atom. The van der Waals surface area contributed by atoms with Gasteiger partial charge in [-0.15, -0.1) is 0 Å². The van der Waals surface area contributed by atoms with Crippen molar-refractivity contribution in [2.24, 2.45) is 23.2 Å². The monoisotopic (exact) mass is 631 g/mol. The van der Waals surface area contributed by atoms with Gasteiger partial charge in [0.05, 0.1) is 6.04 Å². The molecule has 0 aromatic rings. The highest BCUT2D eigenvalue weighted by molar-refractivity contribution is 6.38. The van der Waals surface area contributed by atoms with Crippen LogP contribution in [0.1, 0.15) is 132 Å². The lowest BCUT2D eigenvalue weighted by Gasteiger charge is -2.44. The molecule has 10 nitrogen and oxygen atoms in total. The molecule has 3 aliphatic rings. The minimum absolute atomic E-state index is 0.0184. The van der Waals surface area contributed by atoms with Gasteiger partial charge in [0.1, 0.15) is 12.1 Å². The smallest absolute Gasteiger partial charge is 0.315 e. The molecule has 0 unspecified atom stereocenters. The number of likely N-dealkylation sites (N-methyl/N-ethyl adjacent to an activating group) is 1. The molecule has 6 atom stereocenters. The van der Waals surface area contributed by atoms with Crippen molar-refractivity contribution in [3.05, 3.63) is 0 Å². The Labute approximate surface area is 271 Å². The number of nitrogens with one attached hydrogen (secondary N) is 4. The van der Waals surface area contributed by atoms with Gasteiger partial charge in [0.2, 0.25) is 17.6 Å². The van der Waals surface area contributed by atoms with Crippen molar-refractivity contribution in [2.45, 2.75) is 156 Å². The summed E-state index contributed by atoms with van der Waals surface area (Å²) in [5.74, 6) is -1.54. The summed E-state index contributed by atoms with van der Waals surface area (Å²) < 4.78 is 0. The molecule has 5 amide bonds. The van der Waals surface area contributed by atoms with E-state index in [1.807, 2.05) is 27.7 Å². The second kappa shape index (κ2) is 16.3. The molecular formula is C35H61N5O5. The zero-order valence-electron chi connectivity index (χ0n) is 29.1. The standard InChI is InChI=1S/C35H61N5O5/c1-8-11-17-23(4)35(20-13-12-14-21-35)39-33(45)38-29(34(5,6)7)32(44)40-22-24-18-15-19-25(24)27(40)30(42)37-26(16-9-2)28(41)31(43)36-10-3/h23-27,29H,8-22H2,1-7H3,(H,36,43)(H,37,42)(H2,38,39,45)/t23-,24+,25+,26+,27+,29-/m1/s1. The molecule has 4 N–H and O–H groups in total. The van der Waals surface area contributed by atoms with Crippen LogP contribution < -0.4 is 21.3 Å². The van der Waals surface area contributed by atoms with E-state index in [9.17, 15) is 24.0 Å². The molecule has 256 valence electrons. The van der Waals surface area contributed by atoms with Crippen molar-refractivity contribution in [3.63, 3.8) is 0 Å². The summed E-state index contributed by atoms with van der Waals surface area (Å²) in [6.07, 6.45) is 12.2. The first kappa shape index (κ1) is 36.8.